The Labute approximate surface area is 115 Å². The Morgan fingerprint density at radius 2 is 1.89 bits per heavy atom. The van der Waals surface area contributed by atoms with Gasteiger partial charge >= 0.3 is 0 Å². The molecule has 5 heteroatoms. The molecule has 19 heavy (non-hydrogen) atoms. The number of hydrogen-bond donors (Lipinski definition) is 2. The van der Waals surface area contributed by atoms with Gasteiger partial charge in [-0.1, -0.05) is 32.9 Å². The highest BCUT2D eigenvalue weighted by atomic mass is 32.2. The third-order valence-electron chi connectivity index (χ3n) is 2.97. The second-order valence-corrected chi connectivity index (χ2v) is 7.62. The number of aliphatic hydroxyl groups is 1. The van der Waals surface area contributed by atoms with Gasteiger partial charge < -0.3 is 5.11 Å². The van der Waals surface area contributed by atoms with Crippen LogP contribution in [0.15, 0.2) is 23.1 Å². The minimum absolute atomic E-state index is 0.111. The summed E-state index contributed by atoms with van der Waals surface area (Å²) in [6, 6.07) is 4.98. The molecule has 2 N–H and O–H groups in total. The standard InChI is InChI=1S/C14H23NO3S/c1-10-6-7-12(14(3,4)5)8-13(10)19(17,18)15-11(2)9-16/h6-8,11,15-16H,9H2,1-5H3/t11-/m1/s1. The molecule has 0 radical (unpaired) electrons. The minimum atomic E-state index is -3.60. The summed E-state index contributed by atoms with van der Waals surface area (Å²) < 4.78 is 27.0. The summed E-state index contributed by atoms with van der Waals surface area (Å²) in [6.07, 6.45) is 0. The monoisotopic (exact) mass is 285 g/mol. The molecule has 1 aromatic rings. The Morgan fingerprint density at radius 3 is 2.37 bits per heavy atom. The van der Waals surface area contributed by atoms with Gasteiger partial charge in [-0.3, -0.25) is 0 Å². The molecule has 0 aliphatic heterocycles. The van der Waals surface area contributed by atoms with Gasteiger partial charge in [-0.2, -0.15) is 0 Å². The van der Waals surface area contributed by atoms with E-state index in [4.69, 9.17) is 5.11 Å². The van der Waals surface area contributed by atoms with E-state index in [1.54, 1.807) is 19.9 Å². The van der Waals surface area contributed by atoms with Crippen LogP contribution in [-0.2, 0) is 15.4 Å². The van der Waals surface area contributed by atoms with E-state index in [2.05, 4.69) is 4.72 Å². The van der Waals surface area contributed by atoms with Gasteiger partial charge in [0.15, 0.2) is 0 Å². The van der Waals surface area contributed by atoms with E-state index in [-0.39, 0.29) is 16.9 Å². The molecule has 1 aromatic carbocycles. The molecule has 4 nitrogen and oxygen atoms in total. The molecule has 0 spiro atoms. The van der Waals surface area contributed by atoms with Crippen molar-refractivity contribution >= 4 is 10.0 Å². The summed E-state index contributed by atoms with van der Waals surface area (Å²) in [5, 5.41) is 8.97. The average molecular weight is 285 g/mol. The Hall–Kier alpha value is -0.910. The second kappa shape index (κ2) is 5.61. The molecule has 0 saturated carbocycles. The fourth-order valence-corrected chi connectivity index (χ4v) is 3.23. The van der Waals surface area contributed by atoms with Crippen LogP contribution in [0.25, 0.3) is 0 Å². The van der Waals surface area contributed by atoms with Gasteiger partial charge in [-0.25, -0.2) is 13.1 Å². The summed E-state index contributed by atoms with van der Waals surface area (Å²) >= 11 is 0. The maximum absolute atomic E-state index is 12.3. The third-order valence-corrected chi connectivity index (χ3v) is 4.71. The second-order valence-electron chi connectivity index (χ2n) is 5.94. The molecule has 1 atom stereocenters. The van der Waals surface area contributed by atoms with Crippen LogP contribution in [0.3, 0.4) is 0 Å². The van der Waals surface area contributed by atoms with E-state index in [1.807, 2.05) is 32.9 Å². The van der Waals surface area contributed by atoms with E-state index in [9.17, 15) is 8.42 Å². The van der Waals surface area contributed by atoms with Crippen molar-refractivity contribution < 1.29 is 13.5 Å². The zero-order chi connectivity index (χ0) is 14.8. The summed E-state index contributed by atoms with van der Waals surface area (Å²) in [7, 11) is -3.60. The van der Waals surface area contributed by atoms with Crippen molar-refractivity contribution in [1.82, 2.24) is 4.72 Å². The van der Waals surface area contributed by atoms with Crippen LogP contribution < -0.4 is 4.72 Å². The molecular formula is C14H23NO3S. The first kappa shape index (κ1) is 16.1. The fraction of sp³-hybridized carbons (Fsp3) is 0.571. The van der Waals surface area contributed by atoms with Crippen LogP contribution in [0, 0.1) is 6.92 Å². The van der Waals surface area contributed by atoms with Gasteiger partial charge in [-0.05, 0) is 36.5 Å². The van der Waals surface area contributed by atoms with Crippen LogP contribution in [0.1, 0.15) is 38.8 Å². The van der Waals surface area contributed by atoms with Crippen molar-refractivity contribution in [2.24, 2.45) is 0 Å². The van der Waals surface area contributed by atoms with Crippen molar-refractivity contribution in [3.05, 3.63) is 29.3 Å². The molecule has 108 valence electrons. The predicted octanol–water partition coefficient (Wildman–Crippen LogP) is 1.95. The largest absolute Gasteiger partial charge is 0.395 e. The van der Waals surface area contributed by atoms with Gasteiger partial charge in [0.05, 0.1) is 11.5 Å². The summed E-state index contributed by atoms with van der Waals surface area (Å²) in [5.74, 6) is 0. The van der Waals surface area contributed by atoms with Crippen molar-refractivity contribution in [2.45, 2.75) is 51.0 Å². The van der Waals surface area contributed by atoms with Gasteiger partial charge in [0, 0.05) is 6.04 Å². The number of sulfonamides is 1. The van der Waals surface area contributed by atoms with Crippen molar-refractivity contribution in [3.63, 3.8) is 0 Å². The number of benzene rings is 1. The molecular weight excluding hydrogens is 262 g/mol. The zero-order valence-corrected chi connectivity index (χ0v) is 13.0. The minimum Gasteiger partial charge on any atom is -0.395 e. The predicted molar refractivity (Wildman–Crippen MR) is 76.7 cm³/mol. The average Bonchev–Trinajstić information content (AvgIpc) is 2.26. The number of aliphatic hydroxyl groups excluding tert-OH is 1. The van der Waals surface area contributed by atoms with E-state index in [0.717, 1.165) is 5.56 Å². The summed E-state index contributed by atoms with van der Waals surface area (Å²) in [5.41, 5.74) is 1.56. The first-order valence-electron chi connectivity index (χ1n) is 6.32. The molecule has 0 saturated heterocycles. The summed E-state index contributed by atoms with van der Waals surface area (Å²) in [6.45, 7) is 9.29. The lowest BCUT2D eigenvalue weighted by molar-refractivity contribution is 0.265. The van der Waals surface area contributed by atoms with E-state index >= 15 is 0 Å². The number of nitrogens with one attached hydrogen (secondary N) is 1. The first-order chi connectivity index (χ1) is 8.58. The zero-order valence-electron chi connectivity index (χ0n) is 12.2. The highest BCUT2D eigenvalue weighted by molar-refractivity contribution is 7.89. The number of aryl methyl sites for hydroxylation is 1. The maximum atomic E-state index is 12.3. The van der Waals surface area contributed by atoms with Gasteiger partial charge in [-0.15, -0.1) is 0 Å². The Bertz CT molecular complexity index is 544. The molecule has 0 aromatic heterocycles. The topological polar surface area (TPSA) is 66.4 Å². The highest BCUT2D eigenvalue weighted by Crippen LogP contribution is 2.26. The fourth-order valence-electron chi connectivity index (χ4n) is 1.72. The van der Waals surface area contributed by atoms with E-state index in [1.165, 1.54) is 0 Å². The maximum Gasteiger partial charge on any atom is 0.241 e. The van der Waals surface area contributed by atoms with Crippen molar-refractivity contribution in [1.29, 1.82) is 0 Å². The molecule has 0 aliphatic rings. The van der Waals surface area contributed by atoms with Crippen LogP contribution in [0.5, 0.6) is 0 Å². The lowest BCUT2D eigenvalue weighted by Crippen LogP contribution is -2.35. The van der Waals surface area contributed by atoms with Crippen LogP contribution in [0.4, 0.5) is 0 Å². The number of rotatable bonds is 4. The van der Waals surface area contributed by atoms with Crippen LogP contribution in [-0.4, -0.2) is 26.2 Å². The smallest absolute Gasteiger partial charge is 0.241 e. The summed E-state index contributed by atoms with van der Waals surface area (Å²) in [4.78, 5) is 0.278. The van der Waals surface area contributed by atoms with Gasteiger partial charge in [0.25, 0.3) is 0 Å². The molecule has 0 fully saturated rings. The normalized spacial score (nSPS) is 14.4. The Balaban J connectivity index is 3.26. The Morgan fingerprint density at radius 1 is 1.32 bits per heavy atom. The lowest BCUT2D eigenvalue weighted by Gasteiger charge is -2.21. The third kappa shape index (κ3) is 4.03. The Kier molecular flexibility index (Phi) is 4.76. The van der Waals surface area contributed by atoms with Gasteiger partial charge in [0.1, 0.15) is 0 Å². The van der Waals surface area contributed by atoms with E-state index in [0.29, 0.717) is 5.56 Å². The molecule has 0 unspecified atom stereocenters. The quantitative estimate of drug-likeness (QED) is 0.888. The van der Waals surface area contributed by atoms with E-state index < -0.39 is 16.1 Å². The van der Waals surface area contributed by atoms with Crippen LogP contribution in [0.2, 0.25) is 0 Å². The molecule has 1 rings (SSSR count). The molecule has 0 amide bonds. The molecule has 0 bridgehead atoms. The van der Waals surface area contributed by atoms with Gasteiger partial charge in [0.2, 0.25) is 10.0 Å². The van der Waals surface area contributed by atoms with Crippen molar-refractivity contribution in [3.8, 4) is 0 Å². The number of hydrogen-bond acceptors (Lipinski definition) is 3. The first-order valence-corrected chi connectivity index (χ1v) is 7.80. The van der Waals surface area contributed by atoms with Crippen molar-refractivity contribution in [2.75, 3.05) is 6.61 Å². The SMILES string of the molecule is Cc1ccc(C(C)(C)C)cc1S(=O)(=O)N[C@H](C)CO. The lowest BCUT2D eigenvalue weighted by atomic mass is 9.87. The van der Waals surface area contributed by atoms with Crippen LogP contribution >= 0.6 is 0 Å². The highest BCUT2D eigenvalue weighted by Gasteiger charge is 2.22. The molecule has 0 aliphatic carbocycles. The molecule has 0 heterocycles.